The monoisotopic (exact) mass is 324 g/mol. The minimum Gasteiger partial charge on any atom is -0.383 e. The van der Waals surface area contributed by atoms with Gasteiger partial charge in [-0.05, 0) is 19.1 Å². The highest BCUT2D eigenvalue weighted by Crippen LogP contribution is 2.26. The van der Waals surface area contributed by atoms with Gasteiger partial charge in [-0.1, -0.05) is 33.2 Å². The highest BCUT2D eigenvalue weighted by molar-refractivity contribution is 9.10. The van der Waals surface area contributed by atoms with Crippen molar-refractivity contribution in [3.8, 4) is 11.3 Å². The van der Waals surface area contributed by atoms with Crippen molar-refractivity contribution in [2.24, 2.45) is 0 Å². The fourth-order valence-corrected chi connectivity index (χ4v) is 2.05. The number of ether oxygens (including phenoxy) is 1. The molecule has 0 bridgehead atoms. The Morgan fingerprint density at radius 3 is 2.74 bits per heavy atom. The molecule has 0 atom stereocenters. The molecule has 2 aromatic rings. The summed E-state index contributed by atoms with van der Waals surface area (Å²) in [6.45, 7) is 4.21. The Labute approximate surface area is 121 Å². The fraction of sp³-hybridized carbons (Fsp3) is 0.357. The maximum absolute atomic E-state index is 5.44. The van der Waals surface area contributed by atoms with Crippen molar-refractivity contribution < 1.29 is 9.26 Å². The molecule has 1 heterocycles. The second-order valence-electron chi connectivity index (χ2n) is 4.26. The fourth-order valence-electron chi connectivity index (χ4n) is 1.79. The lowest BCUT2D eigenvalue weighted by Crippen LogP contribution is -2.19. The SMILES string of the molecule is COCCNCc1noc(-c2ccc(Br)cc2)c1C. The molecule has 0 aliphatic heterocycles. The minimum absolute atomic E-state index is 0.690. The van der Waals surface area contributed by atoms with Crippen LogP contribution in [0, 0.1) is 6.92 Å². The van der Waals surface area contributed by atoms with Gasteiger partial charge in [0.1, 0.15) is 5.69 Å². The first-order chi connectivity index (χ1) is 9.22. The molecule has 0 amide bonds. The van der Waals surface area contributed by atoms with Gasteiger partial charge < -0.3 is 14.6 Å². The molecule has 1 aromatic carbocycles. The van der Waals surface area contributed by atoms with Crippen LogP contribution < -0.4 is 5.32 Å². The Bertz CT molecular complexity index is 523. The lowest BCUT2D eigenvalue weighted by Gasteiger charge is -2.02. The van der Waals surface area contributed by atoms with Crippen LogP contribution in [0.1, 0.15) is 11.3 Å². The predicted octanol–water partition coefficient (Wildman–Crippen LogP) is 3.15. The van der Waals surface area contributed by atoms with Crippen LogP contribution in [0.4, 0.5) is 0 Å². The first-order valence-corrected chi connectivity index (χ1v) is 6.92. The normalized spacial score (nSPS) is 10.9. The lowest BCUT2D eigenvalue weighted by atomic mass is 10.1. The van der Waals surface area contributed by atoms with Gasteiger partial charge in [-0.2, -0.15) is 0 Å². The van der Waals surface area contributed by atoms with Gasteiger partial charge in [-0.15, -0.1) is 0 Å². The van der Waals surface area contributed by atoms with E-state index in [0.29, 0.717) is 13.2 Å². The molecular formula is C14H17BrN2O2. The smallest absolute Gasteiger partial charge is 0.170 e. The zero-order valence-electron chi connectivity index (χ0n) is 11.1. The van der Waals surface area contributed by atoms with Crippen molar-refractivity contribution in [1.82, 2.24) is 10.5 Å². The van der Waals surface area contributed by atoms with E-state index in [4.69, 9.17) is 9.26 Å². The molecule has 0 saturated carbocycles. The van der Waals surface area contributed by atoms with Crippen molar-refractivity contribution in [1.29, 1.82) is 0 Å². The van der Waals surface area contributed by atoms with E-state index in [2.05, 4.69) is 26.4 Å². The quantitative estimate of drug-likeness (QED) is 0.829. The summed E-state index contributed by atoms with van der Waals surface area (Å²) in [4.78, 5) is 0. The molecule has 0 aliphatic rings. The van der Waals surface area contributed by atoms with E-state index >= 15 is 0 Å². The van der Waals surface area contributed by atoms with Crippen LogP contribution in [0.25, 0.3) is 11.3 Å². The summed E-state index contributed by atoms with van der Waals surface area (Å²) in [5.41, 5.74) is 3.05. The largest absolute Gasteiger partial charge is 0.383 e. The zero-order chi connectivity index (χ0) is 13.7. The molecule has 0 saturated heterocycles. The minimum atomic E-state index is 0.690. The Morgan fingerprint density at radius 1 is 1.32 bits per heavy atom. The van der Waals surface area contributed by atoms with Crippen LogP contribution in [-0.4, -0.2) is 25.4 Å². The average Bonchev–Trinajstić information content (AvgIpc) is 2.77. The van der Waals surface area contributed by atoms with Gasteiger partial charge >= 0.3 is 0 Å². The Kier molecular flexibility index (Phi) is 5.13. The molecule has 2 rings (SSSR count). The number of hydrogen-bond donors (Lipinski definition) is 1. The summed E-state index contributed by atoms with van der Waals surface area (Å²) in [5, 5.41) is 7.38. The number of benzene rings is 1. The number of nitrogens with one attached hydrogen (secondary N) is 1. The van der Waals surface area contributed by atoms with E-state index in [0.717, 1.165) is 33.6 Å². The zero-order valence-corrected chi connectivity index (χ0v) is 12.7. The van der Waals surface area contributed by atoms with Crippen molar-refractivity contribution in [2.75, 3.05) is 20.3 Å². The molecule has 102 valence electrons. The molecule has 0 unspecified atom stereocenters. The first kappa shape index (κ1) is 14.2. The van der Waals surface area contributed by atoms with Crippen LogP contribution in [0.2, 0.25) is 0 Å². The van der Waals surface area contributed by atoms with E-state index in [1.54, 1.807) is 7.11 Å². The molecule has 4 nitrogen and oxygen atoms in total. The third-order valence-corrected chi connectivity index (χ3v) is 3.43. The molecular weight excluding hydrogens is 308 g/mol. The highest BCUT2D eigenvalue weighted by atomic mass is 79.9. The number of rotatable bonds is 6. The van der Waals surface area contributed by atoms with Crippen molar-refractivity contribution in [3.05, 3.63) is 40.0 Å². The molecule has 1 aromatic heterocycles. The maximum atomic E-state index is 5.44. The third-order valence-electron chi connectivity index (χ3n) is 2.90. The van der Waals surface area contributed by atoms with Gasteiger partial charge in [-0.25, -0.2) is 0 Å². The van der Waals surface area contributed by atoms with Crippen LogP contribution in [0.3, 0.4) is 0 Å². The number of nitrogens with zero attached hydrogens (tertiary/aromatic N) is 1. The molecule has 19 heavy (non-hydrogen) atoms. The summed E-state index contributed by atoms with van der Waals surface area (Å²) in [7, 11) is 1.69. The molecule has 0 aliphatic carbocycles. The summed E-state index contributed by atoms with van der Waals surface area (Å²) in [6, 6.07) is 8.01. The standard InChI is InChI=1S/C14H17BrN2O2/c1-10-13(9-16-7-8-18-2)17-19-14(10)11-3-5-12(15)6-4-11/h3-6,16H,7-9H2,1-2H3. The van der Waals surface area contributed by atoms with E-state index in [9.17, 15) is 0 Å². The number of halogens is 1. The van der Waals surface area contributed by atoms with E-state index in [-0.39, 0.29) is 0 Å². The topological polar surface area (TPSA) is 47.3 Å². The number of hydrogen-bond acceptors (Lipinski definition) is 4. The Morgan fingerprint density at radius 2 is 2.05 bits per heavy atom. The highest BCUT2D eigenvalue weighted by Gasteiger charge is 2.13. The van der Waals surface area contributed by atoms with Crippen LogP contribution in [0.5, 0.6) is 0 Å². The van der Waals surface area contributed by atoms with Gasteiger partial charge in [-0.3, -0.25) is 0 Å². The maximum Gasteiger partial charge on any atom is 0.170 e. The van der Waals surface area contributed by atoms with Crippen LogP contribution in [0.15, 0.2) is 33.3 Å². The van der Waals surface area contributed by atoms with Crippen LogP contribution >= 0.6 is 15.9 Å². The van der Waals surface area contributed by atoms with Crippen molar-refractivity contribution in [2.45, 2.75) is 13.5 Å². The number of aromatic nitrogens is 1. The molecule has 5 heteroatoms. The Hall–Kier alpha value is -1.17. The molecule has 1 N–H and O–H groups in total. The van der Waals surface area contributed by atoms with E-state index in [1.165, 1.54) is 0 Å². The second-order valence-corrected chi connectivity index (χ2v) is 5.18. The first-order valence-electron chi connectivity index (χ1n) is 6.13. The molecule has 0 fully saturated rings. The van der Waals surface area contributed by atoms with Gasteiger partial charge in [0.05, 0.1) is 6.61 Å². The van der Waals surface area contributed by atoms with Crippen LogP contribution in [-0.2, 0) is 11.3 Å². The van der Waals surface area contributed by atoms with Gasteiger partial charge in [0.15, 0.2) is 5.76 Å². The van der Waals surface area contributed by atoms with Gasteiger partial charge in [0.25, 0.3) is 0 Å². The summed E-state index contributed by atoms with van der Waals surface area (Å²) < 4.78 is 11.5. The second kappa shape index (κ2) is 6.84. The third kappa shape index (κ3) is 3.65. The molecule has 0 radical (unpaired) electrons. The Balaban J connectivity index is 2.07. The lowest BCUT2D eigenvalue weighted by molar-refractivity contribution is 0.199. The van der Waals surface area contributed by atoms with Crippen molar-refractivity contribution >= 4 is 15.9 Å². The predicted molar refractivity (Wildman–Crippen MR) is 78.0 cm³/mol. The average molecular weight is 325 g/mol. The van der Waals surface area contributed by atoms with Gasteiger partial charge in [0, 0.05) is 35.8 Å². The summed E-state index contributed by atoms with van der Waals surface area (Å²) >= 11 is 3.42. The van der Waals surface area contributed by atoms with Gasteiger partial charge in [0.2, 0.25) is 0 Å². The summed E-state index contributed by atoms with van der Waals surface area (Å²) in [6.07, 6.45) is 0. The summed E-state index contributed by atoms with van der Waals surface area (Å²) in [5.74, 6) is 0.830. The van der Waals surface area contributed by atoms with E-state index in [1.807, 2.05) is 31.2 Å². The molecule has 0 spiro atoms. The number of methoxy groups -OCH3 is 1. The van der Waals surface area contributed by atoms with Crippen molar-refractivity contribution in [3.63, 3.8) is 0 Å². The van der Waals surface area contributed by atoms with E-state index < -0.39 is 0 Å².